The minimum absolute atomic E-state index is 0.0560. The molecule has 78 valence electrons. The summed E-state index contributed by atoms with van der Waals surface area (Å²) < 4.78 is 5.76. The summed E-state index contributed by atoms with van der Waals surface area (Å²) in [5.41, 5.74) is 1.15. The van der Waals surface area contributed by atoms with Crippen LogP contribution in [0.4, 0.5) is 0 Å². The predicted molar refractivity (Wildman–Crippen MR) is 55.2 cm³/mol. The summed E-state index contributed by atoms with van der Waals surface area (Å²) in [6.45, 7) is 0. The van der Waals surface area contributed by atoms with E-state index in [1.165, 1.54) is 0 Å². The number of ether oxygens (including phenoxy) is 1. The van der Waals surface area contributed by atoms with Gasteiger partial charge < -0.3 is 10.1 Å². The molecule has 1 N–H and O–H groups in total. The Bertz CT molecular complexity index is 376. The number of nitrogens with one attached hydrogen (secondary N) is 1. The van der Waals surface area contributed by atoms with Crippen LogP contribution in [-0.2, 0) is 9.53 Å². The Labute approximate surface area is 88.4 Å². The van der Waals surface area contributed by atoms with E-state index in [2.05, 4.69) is 5.32 Å². The molecule has 0 unspecified atom stereocenters. The Hall–Kier alpha value is -1.35. The normalized spacial score (nSPS) is 33.9. The Balaban J connectivity index is 1.78. The fourth-order valence-corrected chi connectivity index (χ4v) is 2.34. The highest BCUT2D eigenvalue weighted by atomic mass is 16.5. The molecule has 3 heteroatoms. The minimum atomic E-state index is 0.0560. The summed E-state index contributed by atoms with van der Waals surface area (Å²) in [6.07, 6.45) is 1.75. The Morgan fingerprint density at radius 3 is 2.87 bits per heavy atom. The highest BCUT2D eigenvalue weighted by Crippen LogP contribution is 2.39. The Morgan fingerprint density at radius 2 is 2.07 bits per heavy atom. The molecule has 0 saturated carbocycles. The van der Waals surface area contributed by atoms with E-state index >= 15 is 0 Å². The third kappa shape index (κ3) is 1.43. The Kier molecular flexibility index (Phi) is 1.99. The van der Waals surface area contributed by atoms with E-state index in [-0.39, 0.29) is 24.2 Å². The average molecular weight is 203 g/mol. The summed E-state index contributed by atoms with van der Waals surface area (Å²) in [4.78, 5) is 11.3. The van der Waals surface area contributed by atoms with E-state index in [9.17, 15) is 4.79 Å². The third-order valence-corrected chi connectivity index (χ3v) is 3.16. The van der Waals surface area contributed by atoms with E-state index in [0.717, 1.165) is 12.0 Å². The Morgan fingerprint density at radius 1 is 1.27 bits per heavy atom. The van der Waals surface area contributed by atoms with E-state index in [0.29, 0.717) is 6.42 Å². The molecule has 2 fully saturated rings. The zero-order chi connectivity index (χ0) is 10.3. The maximum atomic E-state index is 11.3. The lowest BCUT2D eigenvalue weighted by Crippen LogP contribution is -2.60. The second-order valence-corrected chi connectivity index (χ2v) is 4.14. The van der Waals surface area contributed by atoms with Gasteiger partial charge in [0.25, 0.3) is 0 Å². The minimum Gasteiger partial charge on any atom is -0.366 e. The maximum absolute atomic E-state index is 11.3. The highest BCUT2D eigenvalue weighted by molar-refractivity contribution is 5.77. The smallest absolute Gasteiger partial charge is 0.220 e. The second-order valence-electron chi connectivity index (χ2n) is 4.14. The van der Waals surface area contributed by atoms with Gasteiger partial charge in [0.2, 0.25) is 5.91 Å². The first kappa shape index (κ1) is 8.92. The molecule has 0 bridgehead atoms. The van der Waals surface area contributed by atoms with Gasteiger partial charge in [0, 0.05) is 6.42 Å². The van der Waals surface area contributed by atoms with E-state index < -0.39 is 0 Å². The van der Waals surface area contributed by atoms with Crippen LogP contribution < -0.4 is 5.32 Å². The van der Waals surface area contributed by atoms with Crippen LogP contribution in [0.1, 0.15) is 24.5 Å². The number of benzene rings is 1. The summed E-state index contributed by atoms with van der Waals surface area (Å²) in [5, 5.41) is 3.00. The summed E-state index contributed by atoms with van der Waals surface area (Å²) in [5.74, 6) is 0.153. The van der Waals surface area contributed by atoms with Crippen LogP contribution in [-0.4, -0.2) is 18.1 Å². The number of fused-ring (bicyclic) bond motifs is 1. The first-order valence-electron chi connectivity index (χ1n) is 5.34. The van der Waals surface area contributed by atoms with Crippen molar-refractivity contribution >= 4 is 5.91 Å². The van der Waals surface area contributed by atoms with Crippen molar-refractivity contribution in [1.82, 2.24) is 5.32 Å². The van der Waals surface area contributed by atoms with E-state index in [1.807, 2.05) is 30.3 Å². The predicted octanol–water partition coefficient (Wildman–Crippen LogP) is 1.41. The van der Waals surface area contributed by atoms with Crippen LogP contribution in [0.15, 0.2) is 30.3 Å². The zero-order valence-corrected chi connectivity index (χ0v) is 8.35. The van der Waals surface area contributed by atoms with Crippen LogP contribution in [0.3, 0.4) is 0 Å². The molecular formula is C12H13NO2. The largest absolute Gasteiger partial charge is 0.366 e. The van der Waals surface area contributed by atoms with Gasteiger partial charge in [0.05, 0.1) is 12.1 Å². The molecule has 0 aromatic heterocycles. The molecule has 1 amide bonds. The quantitative estimate of drug-likeness (QED) is 0.749. The fourth-order valence-electron chi connectivity index (χ4n) is 2.34. The molecule has 3 nitrogen and oxygen atoms in total. The number of rotatable bonds is 1. The van der Waals surface area contributed by atoms with Crippen molar-refractivity contribution in [2.75, 3.05) is 0 Å². The number of carbonyl (C=O) groups is 1. The van der Waals surface area contributed by atoms with Gasteiger partial charge in [0.15, 0.2) is 0 Å². The van der Waals surface area contributed by atoms with Crippen molar-refractivity contribution in [3.63, 3.8) is 0 Å². The second kappa shape index (κ2) is 3.35. The van der Waals surface area contributed by atoms with Crippen molar-refractivity contribution in [2.45, 2.75) is 31.1 Å². The molecule has 2 aliphatic heterocycles. The van der Waals surface area contributed by atoms with E-state index in [4.69, 9.17) is 4.74 Å². The van der Waals surface area contributed by atoms with Crippen LogP contribution in [0.5, 0.6) is 0 Å². The number of amides is 1. The molecule has 1 aromatic rings. The summed E-state index contributed by atoms with van der Waals surface area (Å²) >= 11 is 0. The highest BCUT2D eigenvalue weighted by Gasteiger charge is 2.46. The number of piperidine rings is 1. The zero-order valence-electron chi connectivity index (χ0n) is 8.35. The maximum Gasteiger partial charge on any atom is 0.220 e. The van der Waals surface area contributed by atoms with E-state index in [1.54, 1.807) is 0 Å². The van der Waals surface area contributed by atoms with Crippen molar-refractivity contribution < 1.29 is 9.53 Å². The topological polar surface area (TPSA) is 38.3 Å². The molecule has 2 saturated heterocycles. The molecule has 15 heavy (non-hydrogen) atoms. The first-order chi connectivity index (χ1) is 7.34. The van der Waals surface area contributed by atoms with Crippen molar-refractivity contribution in [3.05, 3.63) is 35.9 Å². The van der Waals surface area contributed by atoms with Crippen LogP contribution in [0, 0.1) is 0 Å². The molecule has 3 atom stereocenters. The van der Waals surface area contributed by atoms with Gasteiger partial charge in [-0.15, -0.1) is 0 Å². The van der Waals surface area contributed by atoms with Gasteiger partial charge in [-0.05, 0) is 12.0 Å². The van der Waals surface area contributed by atoms with Gasteiger partial charge in [-0.3, -0.25) is 4.79 Å². The molecular weight excluding hydrogens is 190 g/mol. The molecule has 0 aliphatic carbocycles. The lowest BCUT2D eigenvalue weighted by atomic mass is 9.86. The van der Waals surface area contributed by atoms with Gasteiger partial charge >= 0.3 is 0 Å². The fraction of sp³-hybridized carbons (Fsp3) is 0.417. The first-order valence-corrected chi connectivity index (χ1v) is 5.34. The molecule has 2 aliphatic rings. The number of hydrogen-bond donors (Lipinski definition) is 1. The lowest BCUT2D eigenvalue weighted by Gasteiger charge is -2.47. The SMILES string of the molecule is O=C1CC[C@H]2O[C@@H](c3ccccc3)[C@H]2N1. The number of carbonyl (C=O) groups excluding carboxylic acids is 1. The van der Waals surface area contributed by atoms with Crippen LogP contribution in [0.2, 0.25) is 0 Å². The van der Waals surface area contributed by atoms with Gasteiger partial charge in [-0.1, -0.05) is 30.3 Å². The third-order valence-electron chi connectivity index (χ3n) is 3.16. The molecule has 3 rings (SSSR count). The molecule has 0 radical (unpaired) electrons. The van der Waals surface area contributed by atoms with Crippen molar-refractivity contribution in [2.24, 2.45) is 0 Å². The van der Waals surface area contributed by atoms with Crippen LogP contribution in [0.25, 0.3) is 0 Å². The molecule has 2 heterocycles. The average Bonchev–Trinajstić information content (AvgIpc) is 2.25. The van der Waals surface area contributed by atoms with Gasteiger partial charge in [0.1, 0.15) is 6.10 Å². The van der Waals surface area contributed by atoms with Gasteiger partial charge in [-0.2, -0.15) is 0 Å². The lowest BCUT2D eigenvalue weighted by molar-refractivity contribution is -0.180. The van der Waals surface area contributed by atoms with Crippen LogP contribution >= 0.6 is 0 Å². The molecule has 0 spiro atoms. The summed E-state index contributed by atoms with van der Waals surface area (Å²) in [7, 11) is 0. The summed E-state index contributed by atoms with van der Waals surface area (Å²) in [6, 6.07) is 10.3. The molecule has 1 aromatic carbocycles. The van der Waals surface area contributed by atoms with Crippen molar-refractivity contribution in [3.8, 4) is 0 Å². The van der Waals surface area contributed by atoms with Crippen molar-refractivity contribution in [1.29, 1.82) is 0 Å². The number of hydrogen-bond acceptors (Lipinski definition) is 2. The monoisotopic (exact) mass is 203 g/mol. The standard InChI is InChI=1S/C12H13NO2/c14-10-7-6-9-11(13-10)12(15-9)8-4-2-1-3-5-8/h1-5,9,11-12H,6-7H2,(H,13,14)/t9-,11+,12+/m1/s1. The van der Waals surface area contributed by atoms with Gasteiger partial charge in [-0.25, -0.2) is 0 Å².